The number of alkyl halides is 3. The molecule has 1 heterocycles. The third-order valence-electron chi connectivity index (χ3n) is 6.83. The Morgan fingerprint density at radius 3 is 2.39 bits per heavy atom. The molecule has 0 radical (unpaired) electrons. The Kier molecular flexibility index (Phi) is 12.7. The van der Waals surface area contributed by atoms with Crippen LogP contribution in [-0.4, -0.2) is 76.2 Å². The van der Waals surface area contributed by atoms with Crippen molar-refractivity contribution < 1.29 is 32.0 Å². The molecule has 14 heteroatoms. The van der Waals surface area contributed by atoms with Crippen LogP contribution in [0.1, 0.15) is 79.0 Å². The van der Waals surface area contributed by atoms with Gasteiger partial charge in [-0.1, -0.05) is 44.2 Å². The lowest BCUT2D eigenvalue weighted by Crippen LogP contribution is -2.65. The number of hydrogen-bond donors (Lipinski definition) is 1. The number of nitrogens with zero attached hydrogens (tertiary/aromatic N) is 4. The first-order valence-corrected chi connectivity index (χ1v) is 14.2. The topological polar surface area (TPSA) is 109 Å². The number of amides is 2. The van der Waals surface area contributed by atoms with E-state index in [0.717, 1.165) is 25.1 Å². The van der Waals surface area contributed by atoms with Crippen LogP contribution in [0.25, 0.3) is 0 Å². The van der Waals surface area contributed by atoms with Crippen LogP contribution >= 0.6 is 24.2 Å². The molecule has 1 aromatic carbocycles. The minimum atomic E-state index is -4.74. The number of halogens is 4. The van der Waals surface area contributed by atoms with Crippen LogP contribution in [-0.2, 0) is 11.0 Å². The van der Waals surface area contributed by atoms with Crippen molar-refractivity contribution in [1.29, 1.82) is 0 Å². The van der Waals surface area contributed by atoms with Crippen molar-refractivity contribution >= 4 is 42.3 Å². The predicted molar refractivity (Wildman–Crippen MR) is 151 cm³/mol. The maximum Gasteiger partial charge on any atom is 0.417 e. The lowest BCUT2D eigenvalue weighted by molar-refractivity contribution is -0.138. The van der Waals surface area contributed by atoms with Gasteiger partial charge in [0.25, 0.3) is 17.0 Å². The van der Waals surface area contributed by atoms with E-state index in [9.17, 15) is 27.6 Å². The van der Waals surface area contributed by atoms with Gasteiger partial charge in [0.05, 0.1) is 11.1 Å². The monoisotopic (exact) mass is 619 g/mol. The number of nitrogens with one attached hydrogen (secondary N) is 1. The highest BCUT2D eigenvalue weighted by Gasteiger charge is 2.46. The summed E-state index contributed by atoms with van der Waals surface area (Å²) in [6.07, 6.45) is -1.42. The Morgan fingerprint density at radius 2 is 1.80 bits per heavy atom. The first-order chi connectivity index (χ1) is 18.9. The number of thioether (sulfide) groups is 1. The summed E-state index contributed by atoms with van der Waals surface area (Å²) in [5.41, 5.74) is -2.99. The van der Waals surface area contributed by atoms with Crippen molar-refractivity contribution in [2.24, 2.45) is 5.92 Å². The molecule has 228 valence electrons. The first-order valence-electron chi connectivity index (χ1n) is 13.3. The SMILES string of the molecule is CC(C)CC(C(=O)c1nnc(SCCN(C)C)o1)N(C=O)C1(NC(=O)c2ccccc2C(F)(F)F)CCCCC1.Cl. The molecular weight excluding hydrogens is 583 g/mol. The summed E-state index contributed by atoms with van der Waals surface area (Å²) < 4.78 is 46.6. The molecule has 1 aliphatic carbocycles. The van der Waals surface area contributed by atoms with E-state index in [-0.39, 0.29) is 48.7 Å². The highest BCUT2D eigenvalue weighted by atomic mass is 35.5. The Bertz CT molecular complexity index is 1170. The third kappa shape index (κ3) is 8.92. The average Bonchev–Trinajstić information content (AvgIpc) is 3.36. The molecule has 41 heavy (non-hydrogen) atoms. The quantitative estimate of drug-likeness (QED) is 0.139. The second-order valence-corrected chi connectivity index (χ2v) is 11.7. The van der Waals surface area contributed by atoms with E-state index in [0.29, 0.717) is 25.0 Å². The average molecular weight is 620 g/mol. The van der Waals surface area contributed by atoms with E-state index in [4.69, 9.17) is 4.42 Å². The van der Waals surface area contributed by atoms with Gasteiger partial charge >= 0.3 is 6.18 Å². The maximum atomic E-state index is 13.7. The number of carbonyl (C=O) groups is 3. The van der Waals surface area contributed by atoms with Gasteiger partial charge in [0, 0.05) is 12.3 Å². The summed E-state index contributed by atoms with van der Waals surface area (Å²) in [5.74, 6) is -1.19. The van der Waals surface area contributed by atoms with Gasteiger partial charge in [-0.15, -0.1) is 22.6 Å². The molecule has 1 aromatic heterocycles. The predicted octanol–water partition coefficient (Wildman–Crippen LogP) is 5.31. The van der Waals surface area contributed by atoms with Gasteiger partial charge < -0.3 is 19.5 Å². The molecule has 2 aromatic rings. The zero-order valence-electron chi connectivity index (χ0n) is 23.6. The maximum absolute atomic E-state index is 13.7. The van der Waals surface area contributed by atoms with E-state index in [2.05, 4.69) is 15.5 Å². The molecule has 1 fully saturated rings. The largest absolute Gasteiger partial charge is 0.417 e. The molecule has 1 atom stereocenters. The first kappa shape index (κ1) is 34.6. The summed E-state index contributed by atoms with van der Waals surface area (Å²) >= 11 is 1.30. The summed E-state index contributed by atoms with van der Waals surface area (Å²) in [6, 6.07) is 3.43. The summed E-state index contributed by atoms with van der Waals surface area (Å²) in [5, 5.41) is 10.8. The Morgan fingerprint density at radius 1 is 1.15 bits per heavy atom. The number of hydrogen-bond acceptors (Lipinski definition) is 8. The van der Waals surface area contributed by atoms with Crippen molar-refractivity contribution in [3.8, 4) is 0 Å². The molecule has 9 nitrogen and oxygen atoms in total. The second kappa shape index (κ2) is 15.0. The zero-order valence-corrected chi connectivity index (χ0v) is 25.2. The molecule has 1 unspecified atom stereocenters. The molecule has 3 rings (SSSR count). The van der Waals surface area contributed by atoms with Gasteiger partial charge in [-0.25, -0.2) is 0 Å². The highest BCUT2D eigenvalue weighted by Crippen LogP contribution is 2.36. The molecular formula is C27H37ClF3N5O4S. The number of carbonyl (C=O) groups excluding carboxylic acids is 3. The minimum absolute atomic E-state index is 0. The fourth-order valence-corrected chi connectivity index (χ4v) is 5.75. The van der Waals surface area contributed by atoms with Crippen LogP contribution in [0.4, 0.5) is 13.2 Å². The highest BCUT2D eigenvalue weighted by molar-refractivity contribution is 7.99. The molecule has 0 bridgehead atoms. The van der Waals surface area contributed by atoms with Crippen molar-refractivity contribution in [2.45, 2.75) is 75.5 Å². The molecule has 2 amide bonds. The van der Waals surface area contributed by atoms with Crippen molar-refractivity contribution in [2.75, 3.05) is 26.4 Å². The van der Waals surface area contributed by atoms with Crippen LogP contribution in [0.3, 0.4) is 0 Å². The fraction of sp³-hybridized carbons (Fsp3) is 0.593. The second-order valence-electron chi connectivity index (χ2n) is 10.6. The molecule has 1 saturated carbocycles. The molecule has 1 N–H and O–H groups in total. The summed E-state index contributed by atoms with van der Waals surface area (Å²) in [4.78, 5) is 43.0. The number of Topliss-reactive ketones (excluding diaryl/α,β-unsaturated/α-hetero) is 1. The van der Waals surface area contributed by atoms with E-state index >= 15 is 0 Å². The van der Waals surface area contributed by atoms with Crippen LogP contribution in [0.5, 0.6) is 0 Å². The lowest BCUT2D eigenvalue weighted by Gasteiger charge is -2.48. The van der Waals surface area contributed by atoms with Gasteiger partial charge in [0.2, 0.25) is 12.2 Å². The van der Waals surface area contributed by atoms with Gasteiger partial charge in [-0.3, -0.25) is 14.4 Å². The number of benzene rings is 1. The van der Waals surface area contributed by atoms with Crippen LogP contribution < -0.4 is 5.32 Å². The zero-order chi connectivity index (χ0) is 29.5. The van der Waals surface area contributed by atoms with Gasteiger partial charge in [-0.05, 0) is 64.3 Å². The molecule has 0 spiro atoms. The van der Waals surface area contributed by atoms with Crippen LogP contribution in [0.15, 0.2) is 33.9 Å². The van der Waals surface area contributed by atoms with Crippen molar-refractivity contribution in [1.82, 2.24) is 25.3 Å². The lowest BCUT2D eigenvalue weighted by atomic mass is 9.84. The Balaban J connectivity index is 0.00000588. The van der Waals surface area contributed by atoms with Crippen LogP contribution in [0.2, 0.25) is 0 Å². The van der Waals surface area contributed by atoms with Gasteiger partial charge in [0.15, 0.2) is 0 Å². The third-order valence-corrected chi connectivity index (χ3v) is 7.62. The van der Waals surface area contributed by atoms with Gasteiger partial charge in [0.1, 0.15) is 11.7 Å². The summed E-state index contributed by atoms with van der Waals surface area (Å²) in [7, 11) is 3.85. The summed E-state index contributed by atoms with van der Waals surface area (Å²) in [6.45, 7) is 4.52. The Labute approximate surface area is 248 Å². The normalized spacial score (nSPS) is 15.7. The smallest absolute Gasteiger partial charge is 0.408 e. The van der Waals surface area contributed by atoms with E-state index in [1.807, 2.05) is 32.8 Å². The van der Waals surface area contributed by atoms with E-state index in [1.54, 1.807) is 0 Å². The fourth-order valence-electron chi connectivity index (χ4n) is 4.88. The van der Waals surface area contributed by atoms with Gasteiger partial charge in [-0.2, -0.15) is 13.2 Å². The molecule has 0 saturated heterocycles. The molecule has 1 aliphatic rings. The number of aromatic nitrogens is 2. The van der Waals surface area contributed by atoms with E-state index < -0.39 is 40.7 Å². The van der Waals surface area contributed by atoms with Crippen molar-refractivity contribution in [3.05, 3.63) is 41.3 Å². The van der Waals surface area contributed by atoms with Crippen molar-refractivity contribution in [3.63, 3.8) is 0 Å². The Hall–Kier alpha value is -2.64. The molecule has 0 aliphatic heterocycles. The number of rotatable bonds is 13. The van der Waals surface area contributed by atoms with Crippen LogP contribution in [0, 0.1) is 5.92 Å². The standard InChI is InChI=1S/C27H36F3N5O4S.ClH/c1-18(2)16-21(22(37)24-32-33-25(39-24)40-15-14-34(3)4)35(17-36)26(12-8-5-9-13-26)31-23(38)19-10-6-7-11-20(19)27(28,29)30;/h6-7,10-11,17-18,21H,5,8-9,12-16H2,1-4H3,(H,31,38);1H. The minimum Gasteiger partial charge on any atom is -0.408 e. The number of ketones is 1. The van der Waals surface area contributed by atoms with E-state index in [1.165, 1.54) is 28.8 Å².